The summed E-state index contributed by atoms with van der Waals surface area (Å²) >= 11 is 0. The highest BCUT2D eigenvalue weighted by Crippen LogP contribution is 2.34. The van der Waals surface area contributed by atoms with Gasteiger partial charge in [-0.05, 0) is 42.7 Å². The molecule has 1 fully saturated rings. The van der Waals surface area contributed by atoms with E-state index in [9.17, 15) is 27.2 Å². The predicted molar refractivity (Wildman–Crippen MR) is 156 cm³/mol. The van der Waals surface area contributed by atoms with E-state index in [2.05, 4.69) is 26.6 Å². The number of carbonyl (C=O) groups is 2. The molecule has 1 unspecified atom stereocenters. The standard InChI is InChI=1S/C28H25F4N7O3.C2H6/c1-2-22(40)38-11-3-4-18(14-38)39-26-23(25(33)35-15-36-26)24(37-39)17-7-5-16(6-8-17)13-34-27(41)20-12-19(9-10-21(20)29)42-28(30,31)32;1-2/h2,5-10,12,15,18H,1,3-4,11,13-14H2,(H,34,41)(H2,33,35,36);1-2H3. The van der Waals surface area contributed by atoms with Crippen LogP contribution in [0.15, 0.2) is 61.4 Å². The van der Waals surface area contributed by atoms with Crippen molar-refractivity contribution in [1.29, 1.82) is 0 Å². The number of rotatable bonds is 7. The van der Waals surface area contributed by atoms with Gasteiger partial charge in [-0.15, -0.1) is 13.2 Å². The lowest BCUT2D eigenvalue weighted by Crippen LogP contribution is -2.40. The van der Waals surface area contributed by atoms with Crippen LogP contribution in [0.4, 0.5) is 23.4 Å². The molecule has 10 nitrogen and oxygen atoms in total. The van der Waals surface area contributed by atoms with Gasteiger partial charge in [-0.2, -0.15) is 5.10 Å². The van der Waals surface area contributed by atoms with Crippen molar-refractivity contribution in [1.82, 2.24) is 30.0 Å². The van der Waals surface area contributed by atoms with Crippen LogP contribution >= 0.6 is 0 Å². The number of halogens is 4. The van der Waals surface area contributed by atoms with Crippen LogP contribution < -0.4 is 15.8 Å². The van der Waals surface area contributed by atoms with E-state index < -0.39 is 29.4 Å². The van der Waals surface area contributed by atoms with Crippen LogP contribution in [-0.2, 0) is 11.3 Å². The van der Waals surface area contributed by atoms with Gasteiger partial charge in [0.25, 0.3) is 5.91 Å². The van der Waals surface area contributed by atoms with Gasteiger partial charge in [0.05, 0.1) is 17.0 Å². The Hall–Kier alpha value is -5.01. The molecule has 232 valence electrons. The lowest BCUT2D eigenvalue weighted by molar-refractivity contribution is -0.274. The molecule has 1 aliphatic rings. The summed E-state index contributed by atoms with van der Waals surface area (Å²) in [5, 5.41) is 7.87. The Labute approximate surface area is 250 Å². The van der Waals surface area contributed by atoms with Gasteiger partial charge in [-0.25, -0.2) is 19.0 Å². The van der Waals surface area contributed by atoms with Gasteiger partial charge in [0.2, 0.25) is 5.91 Å². The highest BCUT2D eigenvalue weighted by atomic mass is 19.4. The molecule has 2 aromatic carbocycles. The summed E-state index contributed by atoms with van der Waals surface area (Å²) < 4.78 is 57.2. The van der Waals surface area contributed by atoms with E-state index in [1.54, 1.807) is 33.8 Å². The van der Waals surface area contributed by atoms with Crippen molar-refractivity contribution < 1.29 is 31.9 Å². The van der Waals surface area contributed by atoms with Gasteiger partial charge in [0.15, 0.2) is 5.65 Å². The lowest BCUT2D eigenvalue weighted by atomic mass is 10.1. The van der Waals surface area contributed by atoms with Crippen molar-refractivity contribution in [2.24, 2.45) is 0 Å². The van der Waals surface area contributed by atoms with E-state index in [0.29, 0.717) is 47.0 Å². The highest BCUT2D eigenvalue weighted by Gasteiger charge is 2.32. The van der Waals surface area contributed by atoms with Gasteiger partial charge in [0.1, 0.15) is 29.4 Å². The smallest absolute Gasteiger partial charge is 0.406 e. The molecule has 44 heavy (non-hydrogen) atoms. The van der Waals surface area contributed by atoms with Crippen molar-refractivity contribution >= 4 is 28.7 Å². The zero-order valence-electron chi connectivity index (χ0n) is 24.1. The molecule has 0 spiro atoms. The molecule has 1 atom stereocenters. The third-order valence-electron chi connectivity index (χ3n) is 6.84. The largest absolute Gasteiger partial charge is 0.573 e. The number of ether oxygens (including phenoxy) is 1. The number of carbonyl (C=O) groups excluding carboxylic acids is 2. The lowest BCUT2D eigenvalue weighted by Gasteiger charge is -2.32. The summed E-state index contributed by atoms with van der Waals surface area (Å²) in [5.41, 5.74) is 8.03. The van der Waals surface area contributed by atoms with Crippen LogP contribution in [0.2, 0.25) is 0 Å². The number of nitrogens with zero attached hydrogens (tertiary/aromatic N) is 5. The molecule has 1 saturated heterocycles. The van der Waals surface area contributed by atoms with E-state index in [1.807, 2.05) is 13.8 Å². The first kappa shape index (κ1) is 31.9. The SMILES string of the molecule is C=CC(=O)N1CCCC(n2nc(-c3ccc(CNC(=O)c4cc(OC(F)(F)F)ccc4F)cc3)c3c(N)ncnc32)C1.CC. The molecular weight excluding hydrogens is 582 g/mol. The highest BCUT2D eigenvalue weighted by molar-refractivity contribution is 5.98. The molecule has 3 heterocycles. The first-order chi connectivity index (χ1) is 21.0. The van der Waals surface area contributed by atoms with E-state index >= 15 is 0 Å². The summed E-state index contributed by atoms with van der Waals surface area (Å²) in [7, 11) is 0. The topological polar surface area (TPSA) is 128 Å². The molecule has 1 aliphatic heterocycles. The molecular formula is C30H31F4N7O3. The van der Waals surface area contributed by atoms with Gasteiger partial charge in [-0.1, -0.05) is 44.7 Å². The predicted octanol–water partition coefficient (Wildman–Crippen LogP) is 5.42. The number of nitrogen functional groups attached to an aromatic ring is 1. The second-order valence-corrected chi connectivity index (χ2v) is 9.60. The molecule has 0 saturated carbocycles. The molecule has 2 amide bonds. The van der Waals surface area contributed by atoms with Gasteiger partial charge in [0, 0.05) is 25.2 Å². The average Bonchev–Trinajstić information content (AvgIpc) is 3.42. The number of amides is 2. The van der Waals surface area contributed by atoms with Crippen molar-refractivity contribution in [3.05, 3.63) is 78.4 Å². The van der Waals surface area contributed by atoms with E-state index in [0.717, 1.165) is 25.0 Å². The number of fused-ring (bicyclic) bond motifs is 1. The Morgan fingerprint density at radius 1 is 1.16 bits per heavy atom. The maximum Gasteiger partial charge on any atom is 0.573 e. The molecule has 14 heteroatoms. The number of benzene rings is 2. The van der Waals surface area contributed by atoms with Crippen LogP contribution in [-0.4, -0.2) is 55.9 Å². The van der Waals surface area contributed by atoms with Gasteiger partial charge < -0.3 is 20.7 Å². The maximum absolute atomic E-state index is 14.1. The number of nitrogens with two attached hydrogens (primary N) is 1. The minimum Gasteiger partial charge on any atom is -0.406 e. The van der Waals surface area contributed by atoms with Gasteiger partial charge in [-0.3, -0.25) is 9.59 Å². The molecule has 0 radical (unpaired) electrons. The van der Waals surface area contributed by atoms with Crippen molar-refractivity contribution in [2.45, 2.75) is 45.6 Å². The summed E-state index contributed by atoms with van der Waals surface area (Å²) in [4.78, 5) is 35.0. The third-order valence-corrected chi connectivity index (χ3v) is 6.84. The number of alkyl halides is 3. The summed E-state index contributed by atoms with van der Waals surface area (Å²) in [6.07, 6.45) is -0.771. The molecule has 0 bridgehead atoms. The quantitative estimate of drug-likeness (QED) is 0.211. The van der Waals surface area contributed by atoms with Crippen molar-refractivity contribution in [3.8, 4) is 17.0 Å². The fourth-order valence-corrected chi connectivity index (χ4v) is 4.87. The molecule has 3 N–H and O–H groups in total. The molecule has 0 aliphatic carbocycles. The van der Waals surface area contributed by atoms with E-state index in [4.69, 9.17) is 10.8 Å². The Kier molecular flexibility index (Phi) is 9.81. The first-order valence-electron chi connectivity index (χ1n) is 13.9. The summed E-state index contributed by atoms with van der Waals surface area (Å²) in [6, 6.07) is 9.00. The Morgan fingerprint density at radius 2 is 1.89 bits per heavy atom. The zero-order valence-corrected chi connectivity index (χ0v) is 24.1. The van der Waals surface area contributed by atoms with Crippen LogP contribution in [0.1, 0.15) is 48.7 Å². The number of likely N-dealkylation sites (tertiary alicyclic amines) is 1. The van der Waals surface area contributed by atoms with Crippen LogP contribution in [0.25, 0.3) is 22.3 Å². The van der Waals surface area contributed by atoms with Crippen LogP contribution in [0.5, 0.6) is 5.75 Å². The zero-order chi connectivity index (χ0) is 32.0. The monoisotopic (exact) mass is 613 g/mol. The number of anilines is 1. The number of piperidine rings is 1. The molecule has 5 rings (SSSR count). The Bertz CT molecular complexity index is 1660. The van der Waals surface area contributed by atoms with E-state index in [-0.39, 0.29) is 24.3 Å². The van der Waals surface area contributed by atoms with Crippen LogP contribution in [0.3, 0.4) is 0 Å². The Morgan fingerprint density at radius 3 is 2.57 bits per heavy atom. The Balaban J connectivity index is 0.00000216. The number of hydrogen-bond acceptors (Lipinski definition) is 7. The summed E-state index contributed by atoms with van der Waals surface area (Å²) in [5.74, 6) is -2.52. The number of aromatic nitrogens is 4. The van der Waals surface area contributed by atoms with Gasteiger partial charge >= 0.3 is 6.36 Å². The van der Waals surface area contributed by atoms with Crippen LogP contribution in [0, 0.1) is 5.82 Å². The normalized spacial score (nSPS) is 14.9. The number of hydrogen-bond donors (Lipinski definition) is 2. The molecule has 4 aromatic rings. The number of nitrogens with one attached hydrogen (secondary N) is 1. The second kappa shape index (κ2) is 13.5. The average molecular weight is 614 g/mol. The van der Waals surface area contributed by atoms with Crippen molar-refractivity contribution in [2.75, 3.05) is 18.8 Å². The minimum absolute atomic E-state index is 0.0292. The second-order valence-electron chi connectivity index (χ2n) is 9.60. The molecule has 2 aromatic heterocycles. The first-order valence-corrected chi connectivity index (χ1v) is 13.9. The van der Waals surface area contributed by atoms with Crippen molar-refractivity contribution in [3.63, 3.8) is 0 Å². The maximum atomic E-state index is 14.1. The minimum atomic E-state index is -4.98. The third kappa shape index (κ3) is 7.13. The van der Waals surface area contributed by atoms with E-state index in [1.165, 1.54) is 12.4 Å². The summed E-state index contributed by atoms with van der Waals surface area (Å²) in [6.45, 7) is 8.61. The fraction of sp³-hybridized carbons (Fsp3) is 0.300. The fourth-order valence-electron chi connectivity index (χ4n) is 4.87.